The highest BCUT2D eigenvalue weighted by atomic mass is 32.2. The summed E-state index contributed by atoms with van der Waals surface area (Å²) in [4.78, 5) is 1.10. The Morgan fingerprint density at radius 2 is 2.12 bits per heavy atom. The summed E-state index contributed by atoms with van der Waals surface area (Å²) in [6, 6.07) is 3.89. The Morgan fingerprint density at radius 3 is 2.62 bits per heavy atom. The fraction of sp³-hybridized carbons (Fsp3) is 0.636. The first kappa shape index (κ1) is 13.7. The Labute approximate surface area is 102 Å². The fourth-order valence-corrected chi connectivity index (χ4v) is 3.80. The Kier molecular flexibility index (Phi) is 5.44. The van der Waals surface area contributed by atoms with Crippen molar-refractivity contribution in [2.24, 2.45) is 0 Å². The molecule has 0 bridgehead atoms. The van der Waals surface area contributed by atoms with Gasteiger partial charge in [0.2, 0.25) is 10.0 Å². The molecular formula is C11H19NO2S2. The molecule has 3 nitrogen and oxygen atoms in total. The third kappa shape index (κ3) is 4.23. The van der Waals surface area contributed by atoms with E-state index in [-0.39, 0.29) is 11.8 Å². The zero-order chi connectivity index (χ0) is 12.0. The average molecular weight is 261 g/mol. The van der Waals surface area contributed by atoms with E-state index in [0.29, 0.717) is 6.42 Å². The van der Waals surface area contributed by atoms with Crippen molar-refractivity contribution in [1.29, 1.82) is 0 Å². The van der Waals surface area contributed by atoms with Gasteiger partial charge in [-0.1, -0.05) is 26.3 Å². The molecule has 0 spiro atoms. The van der Waals surface area contributed by atoms with E-state index in [0.717, 1.165) is 17.7 Å². The lowest BCUT2D eigenvalue weighted by atomic mass is 10.1. The summed E-state index contributed by atoms with van der Waals surface area (Å²) in [5, 5.41) is 1.98. The van der Waals surface area contributed by atoms with Crippen LogP contribution >= 0.6 is 11.3 Å². The standard InChI is InChI=1S/C11H19NO2S2/c1-3-6-10(11-7-5-8-15-11)12-16(13,14)9-4-2/h5,7-8,10,12H,3-4,6,9H2,1-2H3. The van der Waals surface area contributed by atoms with Gasteiger partial charge >= 0.3 is 0 Å². The van der Waals surface area contributed by atoms with Gasteiger partial charge in [0.1, 0.15) is 0 Å². The van der Waals surface area contributed by atoms with Crippen molar-refractivity contribution in [2.45, 2.75) is 39.2 Å². The zero-order valence-corrected chi connectivity index (χ0v) is 11.4. The van der Waals surface area contributed by atoms with Crippen molar-refractivity contribution in [2.75, 3.05) is 5.75 Å². The Morgan fingerprint density at radius 1 is 1.38 bits per heavy atom. The van der Waals surface area contributed by atoms with Gasteiger partial charge in [-0.3, -0.25) is 0 Å². The Balaban J connectivity index is 2.73. The molecule has 1 aromatic heterocycles. The lowest BCUT2D eigenvalue weighted by Crippen LogP contribution is -2.30. The van der Waals surface area contributed by atoms with Gasteiger partial charge in [0.15, 0.2) is 0 Å². The molecular weight excluding hydrogens is 242 g/mol. The fourth-order valence-electron chi connectivity index (χ4n) is 1.58. The Hall–Kier alpha value is -0.390. The molecule has 1 unspecified atom stereocenters. The smallest absolute Gasteiger partial charge is 0.212 e. The molecule has 0 saturated heterocycles. The first-order valence-corrected chi connectivity index (χ1v) is 8.15. The molecule has 0 radical (unpaired) electrons. The van der Waals surface area contributed by atoms with E-state index in [4.69, 9.17) is 0 Å². The summed E-state index contributed by atoms with van der Waals surface area (Å²) >= 11 is 1.60. The second kappa shape index (κ2) is 6.37. The Bertz CT molecular complexity index is 384. The molecule has 0 fully saturated rings. The van der Waals surface area contributed by atoms with Crippen molar-refractivity contribution in [1.82, 2.24) is 4.72 Å². The number of hydrogen-bond donors (Lipinski definition) is 1. The molecule has 1 atom stereocenters. The zero-order valence-electron chi connectivity index (χ0n) is 9.77. The molecule has 92 valence electrons. The number of thiophene rings is 1. The van der Waals surface area contributed by atoms with Crippen molar-refractivity contribution < 1.29 is 8.42 Å². The van der Waals surface area contributed by atoms with Gasteiger partial charge in [0, 0.05) is 4.88 Å². The first-order valence-electron chi connectivity index (χ1n) is 5.62. The third-order valence-electron chi connectivity index (χ3n) is 2.26. The van der Waals surface area contributed by atoms with E-state index >= 15 is 0 Å². The lowest BCUT2D eigenvalue weighted by Gasteiger charge is -2.16. The predicted molar refractivity (Wildman–Crippen MR) is 69.2 cm³/mol. The quantitative estimate of drug-likeness (QED) is 0.820. The molecule has 0 aromatic carbocycles. The van der Waals surface area contributed by atoms with Gasteiger partial charge in [-0.15, -0.1) is 11.3 Å². The van der Waals surface area contributed by atoms with E-state index in [1.54, 1.807) is 11.3 Å². The van der Waals surface area contributed by atoms with E-state index in [1.807, 2.05) is 24.4 Å². The summed E-state index contributed by atoms with van der Waals surface area (Å²) in [7, 11) is -3.12. The highest BCUT2D eigenvalue weighted by Crippen LogP contribution is 2.24. The summed E-state index contributed by atoms with van der Waals surface area (Å²) in [5.74, 6) is 0.207. The maximum absolute atomic E-state index is 11.7. The van der Waals surface area contributed by atoms with Gasteiger partial charge in [-0.2, -0.15) is 0 Å². The lowest BCUT2D eigenvalue weighted by molar-refractivity contribution is 0.539. The second-order valence-electron chi connectivity index (χ2n) is 3.79. The van der Waals surface area contributed by atoms with E-state index in [1.165, 1.54) is 0 Å². The third-order valence-corrected chi connectivity index (χ3v) is 4.83. The van der Waals surface area contributed by atoms with Crippen molar-refractivity contribution >= 4 is 21.4 Å². The number of hydrogen-bond acceptors (Lipinski definition) is 3. The van der Waals surface area contributed by atoms with Crippen molar-refractivity contribution in [3.63, 3.8) is 0 Å². The molecule has 1 rings (SSSR count). The van der Waals surface area contributed by atoms with Crippen LogP contribution in [-0.4, -0.2) is 14.2 Å². The van der Waals surface area contributed by atoms with Gasteiger partial charge in [-0.05, 0) is 24.3 Å². The maximum atomic E-state index is 11.7. The van der Waals surface area contributed by atoms with E-state index < -0.39 is 10.0 Å². The summed E-state index contributed by atoms with van der Waals surface area (Å²) in [5.41, 5.74) is 0. The molecule has 0 aliphatic heterocycles. The van der Waals surface area contributed by atoms with Crippen LogP contribution in [0.25, 0.3) is 0 Å². The summed E-state index contributed by atoms with van der Waals surface area (Å²) in [6.07, 6.45) is 2.47. The van der Waals surface area contributed by atoms with Gasteiger partial charge in [0.25, 0.3) is 0 Å². The highest BCUT2D eigenvalue weighted by Gasteiger charge is 2.18. The van der Waals surface area contributed by atoms with Crippen LogP contribution in [0.5, 0.6) is 0 Å². The molecule has 0 aliphatic rings. The average Bonchev–Trinajstić information content (AvgIpc) is 2.69. The molecule has 0 saturated carbocycles. The van der Waals surface area contributed by atoms with E-state index in [2.05, 4.69) is 11.6 Å². The predicted octanol–water partition coefficient (Wildman–Crippen LogP) is 2.92. The minimum Gasteiger partial charge on any atom is -0.212 e. The van der Waals surface area contributed by atoms with Gasteiger partial charge < -0.3 is 0 Å². The summed E-state index contributed by atoms with van der Waals surface area (Å²) in [6.45, 7) is 3.94. The van der Waals surface area contributed by atoms with Gasteiger partial charge in [-0.25, -0.2) is 13.1 Å². The summed E-state index contributed by atoms with van der Waals surface area (Å²) < 4.78 is 26.2. The normalized spacial score (nSPS) is 13.9. The monoisotopic (exact) mass is 261 g/mol. The largest absolute Gasteiger partial charge is 0.212 e. The van der Waals surface area contributed by atoms with Crippen molar-refractivity contribution in [3.8, 4) is 0 Å². The van der Waals surface area contributed by atoms with E-state index in [9.17, 15) is 8.42 Å². The highest BCUT2D eigenvalue weighted by molar-refractivity contribution is 7.89. The minimum atomic E-state index is -3.12. The minimum absolute atomic E-state index is 0.0541. The number of nitrogens with one attached hydrogen (secondary N) is 1. The molecule has 0 amide bonds. The first-order chi connectivity index (χ1) is 7.59. The molecule has 16 heavy (non-hydrogen) atoms. The number of sulfonamides is 1. The van der Waals surface area contributed by atoms with Crippen LogP contribution in [0.2, 0.25) is 0 Å². The molecule has 0 aliphatic carbocycles. The van der Waals surface area contributed by atoms with Crippen LogP contribution in [0, 0.1) is 0 Å². The van der Waals surface area contributed by atoms with Crippen LogP contribution in [-0.2, 0) is 10.0 Å². The van der Waals surface area contributed by atoms with Crippen LogP contribution < -0.4 is 4.72 Å². The van der Waals surface area contributed by atoms with Crippen LogP contribution in [0.4, 0.5) is 0 Å². The SMILES string of the molecule is CCCC(NS(=O)(=O)CCC)c1cccs1. The van der Waals surface area contributed by atoms with Crippen LogP contribution in [0.3, 0.4) is 0 Å². The molecule has 1 aromatic rings. The maximum Gasteiger partial charge on any atom is 0.212 e. The van der Waals surface area contributed by atoms with Crippen LogP contribution in [0.1, 0.15) is 44.0 Å². The molecule has 1 N–H and O–H groups in total. The number of rotatable bonds is 7. The van der Waals surface area contributed by atoms with Crippen molar-refractivity contribution in [3.05, 3.63) is 22.4 Å². The topological polar surface area (TPSA) is 46.2 Å². The molecule has 5 heteroatoms. The van der Waals surface area contributed by atoms with Crippen LogP contribution in [0.15, 0.2) is 17.5 Å². The molecule has 1 heterocycles. The van der Waals surface area contributed by atoms with Gasteiger partial charge in [0.05, 0.1) is 11.8 Å². The second-order valence-corrected chi connectivity index (χ2v) is 6.65.